The van der Waals surface area contributed by atoms with Crippen LogP contribution in [0.1, 0.15) is 17.2 Å². The normalized spacial score (nSPS) is 15.5. The molecule has 2 aromatic carbocycles. The lowest BCUT2D eigenvalue weighted by atomic mass is 10.0. The molecule has 1 saturated heterocycles. The fraction of sp³-hybridized carbons (Fsp3) is 0.440. The molecule has 8 nitrogen and oxygen atoms in total. The molecule has 0 aromatic heterocycles. The van der Waals surface area contributed by atoms with Crippen LogP contribution in [0.3, 0.4) is 0 Å². The number of hydrogen-bond acceptors (Lipinski definition) is 6. The Hall–Kier alpha value is -3.10. The van der Waals surface area contributed by atoms with Gasteiger partial charge in [0, 0.05) is 59.1 Å². The summed E-state index contributed by atoms with van der Waals surface area (Å²) < 4.78 is 5.20. The van der Waals surface area contributed by atoms with Crippen LogP contribution >= 0.6 is 0 Å². The molecule has 2 amide bonds. The fourth-order valence-electron chi connectivity index (χ4n) is 3.90. The average molecular weight is 454 g/mol. The predicted molar refractivity (Wildman–Crippen MR) is 130 cm³/mol. The molecule has 33 heavy (non-hydrogen) atoms. The molecule has 0 aliphatic carbocycles. The first kappa shape index (κ1) is 24.5. The molecule has 1 atom stereocenters. The number of benzene rings is 2. The largest absolute Gasteiger partial charge is 0.497 e. The van der Waals surface area contributed by atoms with Gasteiger partial charge in [0.15, 0.2) is 0 Å². The van der Waals surface area contributed by atoms with E-state index in [0.29, 0.717) is 12.3 Å². The van der Waals surface area contributed by atoms with E-state index in [-0.39, 0.29) is 12.6 Å². The lowest BCUT2D eigenvalue weighted by Gasteiger charge is -2.38. The second-order valence-electron chi connectivity index (χ2n) is 8.59. The maximum Gasteiger partial charge on any atom is 0.309 e. The molecule has 1 unspecified atom stereocenters. The van der Waals surface area contributed by atoms with E-state index in [0.717, 1.165) is 43.0 Å². The van der Waals surface area contributed by atoms with Crippen LogP contribution in [0.4, 0.5) is 5.69 Å². The molecule has 1 heterocycles. The number of anilines is 1. The highest BCUT2D eigenvalue weighted by molar-refractivity contribution is 6.35. The second-order valence-corrected chi connectivity index (χ2v) is 8.59. The van der Waals surface area contributed by atoms with Crippen molar-refractivity contribution in [3.05, 3.63) is 59.7 Å². The third-order valence-corrected chi connectivity index (χ3v) is 6.02. The maximum absolute atomic E-state index is 12.5. The molecule has 1 aliphatic heterocycles. The van der Waals surface area contributed by atoms with E-state index in [1.165, 1.54) is 0 Å². The lowest BCUT2D eigenvalue weighted by molar-refractivity contribution is -0.139. The first-order valence-electron chi connectivity index (χ1n) is 11.3. The smallest absolute Gasteiger partial charge is 0.309 e. The number of amides is 2. The molecule has 8 heteroatoms. The summed E-state index contributed by atoms with van der Waals surface area (Å²) >= 11 is 0. The van der Waals surface area contributed by atoms with Gasteiger partial charge >= 0.3 is 11.8 Å². The number of rotatable bonds is 8. The molecular weight excluding hydrogens is 418 g/mol. The molecule has 1 fully saturated rings. The van der Waals surface area contributed by atoms with Crippen LogP contribution in [0, 0.1) is 0 Å². The molecule has 0 bridgehead atoms. The molecule has 0 saturated carbocycles. The van der Waals surface area contributed by atoms with Crippen LogP contribution < -0.4 is 20.3 Å². The van der Waals surface area contributed by atoms with Crippen LogP contribution in [0.15, 0.2) is 48.5 Å². The number of carbonyl (C=O) groups excluding carboxylic acids is 2. The van der Waals surface area contributed by atoms with Crippen molar-refractivity contribution in [3.63, 3.8) is 0 Å². The lowest BCUT2D eigenvalue weighted by Crippen LogP contribution is -2.49. The molecule has 178 valence electrons. The Morgan fingerprint density at radius 3 is 2.30 bits per heavy atom. The predicted octanol–water partition coefficient (Wildman–Crippen LogP) is 1.48. The fourth-order valence-corrected chi connectivity index (χ4v) is 3.90. The van der Waals surface area contributed by atoms with Gasteiger partial charge in [-0.3, -0.25) is 14.5 Å². The van der Waals surface area contributed by atoms with Crippen LogP contribution in [-0.2, 0) is 16.1 Å². The standard InChI is InChI=1S/C25H35N5O3/c1-28(2)21-10-8-20(9-11-21)23(30-14-12-29(3)13-15-30)18-27-25(32)24(31)26-17-19-6-5-7-22(16-19)33-4/h5-11,16,23H,12-15,17-18H2,1-4H3,(H,26,31)(H,27,32). The van der Waals surface area contributed by atoms with Crippen LogP contribution in [0.25, 0.3) is 0 Å². The minimum Gasteiger partial charge on any atom is -0.497 e. The molecule has 0 spiro atoms. The molecule has 2 N–H and O–H groups in total. The summed E-state index contributed by atoms with van der Waals surface area (Å²) in [5, 5.41) is 5.53. The number of nitrogens with zero attached hydrogens (tertiary/aromatic N) is 3. The Bertz CT molecular complexity index is 924. The average Bonchev–Trinajstić information content (AvgIpc) is 2.84. The number of likely N-dealkylation sites (N-methyl/N-ethyl adjacent to an activating group) is 1. The number of methoxy groups -OCH3 is 1. The van der Waals surface area contributed by atoms with Crippen molar-refractivity contribution in [1.29, 1.82) is 0 Å². The van der Waals surface area contributed by atoms with E-state index in [4.69, 9.17) is 4.74 Å². The van der Waals surface area contributed by atoms with Gasteiger partial charge < -0.3 is 25.2 Å². The zero-order chi connectivity index (χ0) is 23.8. The van der Waals surface area contributed by atoms with Crippen LogP contribution in [0.2, 0.25) is 0 Å². The quantitative estimate of drug-likeness (QED) is 0.590. The summed E-state index contributed by atoms with van der Waals surface area (Å²) in [5.74, 6) is -0.554. The van der Waals surface area contributed by atoms with Crippen molar-refractivity contribution in [1.82, 2.24) is 20.4 Å². The Kier molecular flexibility index (Phi) is 8.68. The zero-order valence-electron chi connectivity index (χ0n) is 20.0. The highest BCUT2D eigenvalue weighted by Crippen LogP contribution is 2.24. The molecule has 2 aromatic rings. The molecule has 1 aliphatic rings. The zero-order valence-corrected chi connectivity index (χ0v) is 20.0. The summed E-state index contributed by atoms with van der Waals surface area (Å²) in [5.41, 5.74) is 3.12. The Labute approximate surface area is 196 Å². The van der Waals surface area contributed by atoms with Crippen molar-refractivity contribution in [2.24, 2.45) is 0 Å². The van der Waals surface area contributed by atoms with Gasteiger partial charge in [-0.05, 0) is 42.4 Å². The number of ether oxygens (including phenoxy) is 1. The van der Waals surface area contributed by atoms with E-state index >= 15 is 0 Å². The van der Waals surface area contributed by atoms with E-state index in [1.54, 1.807) is 7.11 Å². The van der Waals surface area contributed by atoms with Crippen molar-refractivity contribution in [2.45, 2.75) is 12.6 Å². The van der Waals surface area contributed by atoms with Gasteiger partial charge in [-0.1, -0.05) is 24.3 Å². The van der Waals surface area contributed by atoms with E-state index in [9.17, 15) is 9.59 Å². The summed E-state index contributed by atoms with van der Waals surface area (Å²) in [6, 6.07) is 15.8. The second kappa shape index (κ2) is 11.7. The topological polar surface area (TPSA) is 77.1 Å². The number of hydrogen-bond donors (Lipinski definition) is 2. The van der Waals surface area contributed by atoms with Gasteiger partial charge in [0.2, 0.25) is 0 Å². The van der Waals surface area contributed by atoms with Crippen molar-refractivity contribution in [3.8, 4) is 5.75 Å². The summed E-state index contributed by atoms with van der Waals surface area (Å²) in [6.07, 6.45) is 0. The Balaban J connectivity index is 1.61. The van der Waals surface area contributed by atoms with Gasteiger partial charge in [0.05, 0.1) is 13.2 Å². The summed E-state index contributed by atoms with van der Waals surface area (Å²) in [7, 11) is 7.73. The minimum absolute atomic E-state index is 0.00467. The van der Waals surface area contributed by atoms with Gasteiger partial charge in [-0.15, -0.1) is 0 Å². The number of piperazine rings is 1. The Morgan fingerprint density at radius 1 is 1.00 bits per heavy atom. The highest BCUT2D eigenvalue weighted by atomic mass is 16.5. The first-order valence-corrected chi connectivity index (χ1v) is 11.3. The first-order chi connectivity index (χ1) is 15.9. The SMILES string of the molecule is COc1cccc(CNC(=O)C(=O)NCC(c2ccc(N(C)C)cc2)N2CCN(C)CC2)c1. The van der Waals surface area contributed by atoms with Crippen LogP contribution in [-0.4, -0.2) is 82.6 Å². The van der Waals surface area contributed by atoms with E-state index < -0.39 is 11.8 Å². The van der Waals surface area contributed by atoms with Crippen molar-refractivity contribution < 1.29 is 14.3 Å². The monoisotopic (exact) mass is 453 g/mol. The van der Waals surface area contributed by atoms with E-state index in [1.807, 2.05) is 38.4 Å². The van der Waals surface area contributed by atoms with E-state index in [2.05, 4.69) is 56.6 Å². The van der Waals surface area contributed by atoms with Gasteiger partial charge in [-0.25, -0.2) is 0 Å². The number of nitrogens with one attached hydrogen (secondary N) is 2. The third kappa shape index (κ3) is 6.94. The van der Waals surface area contributed by atoms with Crippen LogP contribution in [0.5, 0.6) is 5.75 Å². The van der Waals surface area contributed by atoms with Gasteiger partial charge in [0.25, 0.3) is 0 Å². The molecular formula is C25H35N5O3. The van der Waals surface area contributed by atoms with Crippen molar-refractivity contribution >= 4 is 17.5 Å². The van der Waals surface area contributed by atoms with Gasteiger partial charge in [-0.2, -0.15) is 0 Å². The third-order valence-electron chi connectivity index (χ3n) is 6.02. The Morgan fingerprint density at radius 2 is 1.67 bits per heavy atom. The minimum atomic E-state index is -0.641. The molecule has 3 rings (SSSR count). The molecule has 0 radical (unpaired) electrons. The summed E-state index contributed by atoms with van der Waals surface area (Å²) in [4.78, 5) is 31.6. The highest BCUT2D eigenvalue weighted by Gasteiger charge is 2.25. The van der Waals surface area contributed by atoms with Gasteiger partial charge in [0.1, 0.15) is 5.75 Å². The number of carbonyl (C=O) groups is 2. The maximum atomic E-state index is 12.5. The van der Waals surface area contributed by atoms with Crippen molar-refractivity contribution in [2.75, 3.05) is 65.9 Å². The summed E-state index contributed by atoms with van der Waals surface area (Å²) in [6.45, 7) is 4.40.